The number of carboxylic acid groups (broad SMARTS) is 1. The summed E-state index contributed by atoms with van der Waals surface area (Å²) in [6.07, 6.45) is -4.66. The van der Waals surface area contributed by atoms with Crippen molar-refractivity contribution in [3.05, 3.63) is 89.5 Å². The highest BCUT2D eigenvalue weighted by atomic mass is 32.2. The van der Waals surface area contributed by atoms with Gasteiger partial charge in [0.05, 0.1) is 10.5 Å². The molecule has 0 spiro atoms. The number of hydrogen-bond acceptors (Lipinski definition) is 6. The Labute approximate surface area is 264 Å². The molecule has 1 atom stereocenters. The molecule has 246 valence electrons. The molecule has 3 aromatic rings. The molecular formula is C31H33F3N4O7S. The number of aliphatic carboxylic acids is 1. The number of carboxylic acids is 1. The number of nitrogens with one attached hydrogen (secondary N) is 2. The van der Waals surface area contributed by atoms with Gasteiger partial charge < -0.3 is 25.4 Å². The topological polar surface area (TPSA) is 145 Å². The predicted octanol–water partition coefficient (Wildman–Crippen LogP) is 4.52. The normalized spacial score (nSPS) is 15.8. The molecule has 1 aliphatic heterocycles. The number of benzene rings is 3. The van der Waals surface area contributed by atoms with Gasteiger partial charge in [-0.05, 0) is 65.6 Å². The SMILES string of the molecule is CC(C)c1ccc(CNC(=O)C2CN(C(=O)Nc3ccc(OCC(=O)O)cc3)CCN2S(=O)(=O)c2ccc(C(F)(F)F)cc2)cc1. The Morgan fingerprint density at radius 3 is 2.15 bits per heavy atom. The van der Waals surface area contributed by atoms with Crippen molar-refractivity contribution in [2.45, 2.75) is 43.4 Å². The van der Waals surface area contributed by atoms with Crippen molar-refractivity contribution in [3.63, 3.8) is 0 Å². The summed E-state index contributed by atoms with van der Waals surface area (Å²) < 4.78 is 72.5. The Morgan fingerprint density at radius 2 is 1.59 bits per heavy atom. The molecule has 1 aliphatic rings. The Balaban J connectivity index is 1.53. The first-order chi connectivity index (χ1) is 21.6. The summed E-state index contributed by atoms with van der Waals surface area (Å²) in [6.45, 7) is 2.84. The van der Waals surface area contributed by atoms with Crippen LogP contribution in [0.15, 0.2) is 77.7 Å². The van der Waals surface area contributed by atoms with Crippen LogP contribution in [0.3, 0.4) is 0 Å². The van der Waals surface area contributed by atoms with Crippen molar-refractivity contribution < 1.29 is 45.8 Å². The molecule has 1 saturated heterocycles. The monoisotopic (exact) mass is 662 g/mol. The zero-order valence-electron chi connectivity index (χ0n) is 25.0. The van der Waals surface area contributed by atoms with E-state index in [1.165, 1.54) is 29.2 Å². The van der Waals surface area contributed by atoms with Crippen LogP contribution >= 0.6 is 0 Å². The molecule has 3 N–H and O–H groups in total. The number of rotatable bonds is 10. The van der Waals surface area contributed by atoms with Gasteiger partial charge in [0.25, 0.3) is 0 Å². The van der Waals surface area contributed by atoms with Crippen LogP contribution in [0.1, 0.15) is 36.5 Å². The van der Waals surface area contributed by atoms with Crippen LogP contribution < -0.4 is 15.4 Å². The molecule has 0 saturated carbocycles. The second-order valence-electron chi connectivity index (χ2n) is 10.9. The van der Waals surface area contributed by atoms with Crippen LogP contribution in [0.4, 0.5) is 23.7 Å². The van der Waals surface area contributed by atoms with Gasteiger partial charge in [0, 0.05) is 31.9 Å². The second kappa shape index (κ2) is 14.2. The van der Waals surface area contributed by atoms with Crippen molar-refractivity contribution >= 4 is 33.6 Å². The molecule has 3 amide bonds. The number of carbonyl (C=O) groups excluding carboxylic acids is 2. The molecule has 0 aliphatic carbocycles. The van der Waals surface area contributed by atoms with Crippen molar-refractivity contribution in [1.82, 2.24) is 14.5 Å². The van der Waals surface area contributed by atoms with E-state index < -0.39 is 57.2 Å². The van der Waals surface area contributed by atoms with E-state index in [2.05, 4.69) is 10.6 Å². The number of amides is 3. The number of urea groups is 1. The van der Waals surface area contributed by atoms with E-state index in [-0.39, 0.29) is 31.9 Å². The van der Waals surface area contributed by atoms with Crippen molar-refractivity contribution in [2.75, 3.05) is 31.6 Å². The number of ether oxygens (including phenoxy) is 1. The largest absolute Gasteiger partial charge is 0.482 e. The van der Waals surface area contributed by atoms with Gasteiger partial charge in [0.1, 0.15) is 11.8 Å². The van der Waals surface area contributed by atoms with E-state index >= 15 is 0 Å². The predicted molar refractivity (Wildman–Crippen MR) is 162 cm³/mol. The maximum Gasteiger partial charge on any atom is 0.416 e. The third-order valence-electron chi connectivity index (χ3n) is 7.29. The Hall–Kier alpha value is -4.63. The highest BCUT2D eigenvalue weighted by molar-refractivity contribution is 7.89. The number of anilines is 1. The molecule has 15 heteroatoms. The molecule has 1 unspecified atom stereocenters. The summed E-state index contributed by atoms with van der Waals surface area (Å²) in [4.78, 5) is 38.2. The number of piperazine rings is 1. The number of carbonyl (C=O) groups is 3. The van der Waals surface area contributed by atoms with Crippen LogP contribution in [0.2, 0.25) is 0 Å². The van der Waals surface area contributed by atoms with E-state index in [1.54, 1.807) is 0 Å². The van der Waals surface area contributed by atoms with Crippen LogP contribution in [-0.2, 0) is 32.3 Å². The number of nitrogens with zero attached hydrogens (tertiary/aromatic N) is 2. The molecular weight excluding hydrogens is 629 g/mol. The van der Waals surface area contributed by atoms with Crippen molar-refractivity contribution in [1.29, 1.82) is 0 Å². The summed E-state index contributed by atoms with van der Waals surface area (Å²) in [5.41, 5.74) is 1.17. The summed E-state index contributed by atoms with van der Waals surface area (Å²) in [5, 5.41) is 14.1. The van der Waals surface area contributed by atoms with Crippen LogP contribution in [0, 0.1) is 0 Å². The van der Waals surface area contributed by atoms with Gasteiger partial charge in [0.15, 0.2) is 6.61 Å². The minimum atomic E-state index is -4.66. The Kier molecular flexibility index (Phi) is 10.6. The number of hydrogen-bond donors (Lipinski definition) is 3. The third kappa shape index (κ3) is 8.54. The molecule has 4 rings (SSSR count). The number of sulfonamides is 1. The third-order valence-corrected chi connectivity index (χ3v) is 9.21. The molecule has 1 heterocycles. The van der Waals surface area contributed by atoms with E-state index in [4.69, 9.17) is 9.84 Å². The lowest BCUT2D eigenvalue weighted by Crippen LogP contribution is -2.61. The number of alkyl halides is 3. The van der Waals surface area contributed by atoms with E-state index in [0.29, 0.717) is 23.7 Å². The van der Waals surface area contributed by atoms with Crippen molar-refractivity contribution in [2.24, 2.45) is 0 Å². The fraction of sp³-hybridized carbons (Fsp3) is 0.323. The highest BCUT2D eigenvalue weighted by Crippen LogP contribution is 2.31. The Bertz CT molecular complexity index is 1650. The minimum absolute atomic E-state index is 0.0738. The lowest BCUT2D eigenvalue weighted by molar-refractivity contribution is -0.139. The highest BCUT2D eigenvalue weighted by Gasteiger charge is 2.42. The number of halogens is 3. The first kappa shape index (κ1) is 34.2. The summed E-state index contributed by atoms with van der Waals surface area (Å²) >= 11 is 0. The fourth-order valence-corrected chi connectivity index (χ4v) is 6.28. The van der Waals surface area contributed by atoms with E-state index in [9.17, 15) is 36.0 Å². The zero-order valence-corrected chi connectivity index (χ0v) is 25.8. The average molecular weight is 663 g/mol. The standard InChI is InChI=1S/C31H33F3N4O7S/c1-20(2)22-5-3-21(4-6-22)17-35-29(41)27-18-37(30(42)36-24-9-11-25(12-10-24)45-19-28(39)40)15-16-38(27)46(43,44)26-13-7-23(8-14-26)31(32,33)34/h3-14,20,27H,15-19H2,1-2H3,(H,35,41)(H,36,42)(H,39,40). The summed E-state index contributed by atoms with van der Waals surface area (Å²) in [7, 11) is -4.45. The first-order valence-corrected chi connectivity index (χ1v) is 15.7. The van der Waals surface area contributed by atoms with Gasteiger partial charge >= 0.3 is 18.2 Å². The van der Waals surface area contributed by atoms with E-state index in [1.807, 2.05) is 38.1 Å². The van der Waals surface area contributed by atoms with Gasteiger partial charge in [0.2, 0.25) is 15.9 Å². The lowest BCUT2D eigenvalue weighted by Gasteiger charge is -2.39. The average Bonchev–Trinajstić information content (AvgIpc) is 3.02. The summed E-state index contributed by atoms with van der Waals surface area (Å²) in [6, 6.07) is 14.4. The quantitative estimate of drug-likeness (QED) is 0.290. The molecule has 0 radical (unpaired) electrons. The summed E-state index contributed by atoms with van der Waals surface area (Å²) in [5.74, 6) is -1.28. The minimum Gasteiger partial charge on any atom is -0.482 e. The molecule has 46 heavy (non-hydrogen) atoms. The van der Waals surface area contributed by atoms with Crippen LogP contribution in [0.5, 0.6) is 5.75 Å². The van der Waals surface area contributed by atoms with Crippen LogP contribution in [0.25, 0.3) is 0 Å². The lowest BCUT2D eigenvalue weighted by atomic mass is 10.0. The molecule has 1 fully saturated rings. The smallest absolute Gasteiger partial charge is 0.416 e. The Morgan fingerprint density at radius 1 is 0.957 bits per heavy atom. The molecule has 0 bridgehead atoms. The molecule has 0 aromatic heterocycles. The van der Waals surface area contributed by atoms with Gasteiger partial charge in [-0.3, -0.25) is 4.79 Å². The second-order valence-corrected chi connectivity index (χ2v) is 12.7. The van der Waals surface area contributed by atoms with Gasteiger partial charge in [-0.2, -0.15) is 17.5 Å². The first-order valence-electron chi connectivity index (χ1n) is 14.2. The van der Waals surface area contributed by atoms with Crippen LogP contribution in [-0.4, -0.2) is 72.9 Å². The van der Waals surface area contributed by atoms with Crippen molar-refractivity contribution in [3.8, 4) is 5.75 Å². The maximum atomic E-state index is 13.6. The van der Waals surface area contributed by atoms with Gasteiger partial charge in [-0.25, -0.2) is 18.0 Å². The molecule has 3 aromatic carbocycles. The van der Waals surface area contributed by atoms with E-state index in [0.717, 1.165) is 27.6 Å². The van der Waals surface area contributed by atoms with Gasteiger partial charge in [-0.1, -0.05) is 38.1 Å². The zero-order chi connectivity index (χ0) is 33.6. The maximum absolute atomic E-state index is 13.6. The van der Waals surface area contributed by atoms with Gasteiger partial charge in [-0.15, -0.1) is 0 Å². The molecule has 11 nitrogen and oxygen atoms in total. The fourth-order valence-electron chi connectivity index (χ4n) is 4.71.